The summed E-state index contributed by atoms with van der Waals surface area (Å²) in [5.74, 6) is -0.671. The van der Waals surface area contributed by atoms with Gasteiger partial charge in [-0.2, -0.15) is 0 Å². The number of nitrogens with zero attached hydrogens (tertiary/aromatic N) is 1. The maximum atomic E-state index is 10.7. The maximum absolute atomic E-state index is 10.7. The molecule has 0 atom stereocenters. The molecule has 0 spiro atoms. The van der Waals surface area contributed by atoms with Crippen LogP contribution in [0.1, 0.15) is 5.56 Å². The standard InChI is InChI=1S/C14H18N2O4/c1-16(10-13(15)17)8-9-20-12-5-2-11(3-6-12)4-7-14(18)19/h2-7H,8-10H2,1H3,(H2,15,17)(H,18,19). The largest absolute Gasteiger partial charge is 0.492 e. The van der Waals surface area contributed by atoms with Crippen molar-refractivity contribution in [1.82, 2.24) is 4.90 Å². The van der Waals surface area contributed by atoms with Crippen molar-refractivity contribution in [3.63, 3.8) is 0 Å². The van der Waals surface area contributed by atoms with Crippen LogP contribution in [0.3, 0.4) is 0 Å². The number of primary amides is 1. The van der Waals surface area contributed by atoms with Crippen LogP contribution in [0.5, 0.6) is 5.75 Å². The summed E-state index contributed by atoms with van der Waals surface area (Å²) in [5, 5.41) is 8.51. The van der Waals surface area contributed by atoms with E-state index in [2.05, 4.69) is 0 Å². The van der Waals surface area contributed by atoms with E-state index in [1.54, 1.807) is 36.2 Å². The van der Waals surface area contributed by atoms with Gasteiger partial charge < -0.3 is 15.6 Å². The van der Waals surface area contributed by atoms with E-state index < -0.39 is 5.97 Å². The van der Waals surface area contributed by atoms with E-state index in [1.807, 2.05) is 0 Å². The highest BCUT2D eigenvalue weighted by atomic mass is 16.5. The number of carbonyl (C=O) groups is 2. The number of aliphatic carboxylic acids is 1. The highest BCUT2D eigenvalue weighted by Gasteiger charge is 2.02. The van der Waals surface area contributed by atoms with Crippen LogP contribution in [0.2, 0.25) is 0 Å². The Balaban J connectivity index is 2.38. The van der Waals surface area contributed by atoms with Crippen molar-refractivity contribution in [2.24, 2.45) is 5.73 Å². The van der Waals surface area contributed by atoms with Gasteiger partial charge in [0.2, 0.25) is 5.91 Å². The number of rotatable bonds is 8. The van der Waals surface area contributed by atoms with Gasteiger partial charge >= 0.3 is 5.97 Å². The molecule has 0 heterocycles. The molecule has 3 N–H and O–H groups in total. The van der Waals surface area contributed by atoms with Crippen LogP contribution in [0.25, 0.3) is 6.08 Å². The fourth-order valence-electron chi connectivity index (χ4n) is 1.51. The molecule has 0 saturated carbocycles. The number of carboxylic acid groups (broad SMARTS) is 1. The molecule has 0 saturated heterocycles. The monoisotopic (exact) mass is 278 g/mol. The van der Waals surface area contributed by atoms with Gasteiger partial charge in [0.1, 0.15) is 12.4 Å². The summed E-state index contributed by atoms with van der Waals surface area (Å²) in [7, 11) is 1.79. The first-order chi connectivity index (χ1) is 9.47. The SMILES string of the molecule is CN(CCOc1ccc(C=CC(=O)O)cc1)CC(N)=O. The van der Waals surface area contributed by atoms with Crippen LogP contribution < -0.4 is 10.5 Å². The lowest BCUT2D eigenvalue weighted by molar-refractivity contribution is -0.131. The molecule has 0 unspecified atom stereocenters. The molecule has 108 valence electrons. The first-order valence-corrected chi connectivity index (χ1v) is 6.08. The molecule has 0 aliphatic heterocycles. The Morgan fingerprint density at radius 3 is 2.55 bits per heavy atom. The second-order valence-electron chi connectivity index (χ2n) is 4.29. The Bertz CT molecular complexity index is 482. The molecule has 0 fully saturated rings. The van der Waals surface area contributed by atoms with E-state index >= 15 is 0 Å². The normalized spacial score (nSPS) is 10.9. The van der Waals surface area contributed by atoms with Gasteiger partial charge in [0.25, 0.3) is 0 Å². The van der Waals surface area contributed by atoms with Crippen molar-refractivity contribution >= 4 is 18.0 Å². The molecule has 0 aliphatic carbocycles. The van der Waals surface area contributed by atoms with E-state index in [-0.39, 0.29) is 12.5 Å². The van der Waals surface area contributed by atoms with Crippen molar-refractivity contribution in [3.8, 4) is 5.75 Å². The number of likely N-dealkylation sites (N-methyl/N-ethyl adjacent to an activating group) is 1. The number of carbonyl (C=O) groups excluding carboxylic acids is 1. The molecule has 0 radical (unpaired) electrons. The van der Waals surface area contributed by atoms with Crippen LogP contribution in [0.15, 0.2) is 30.3 Å². The Labute approximate surface area is 117 Å². The molecule has 1 amide bonds. The summed E-state index contributed by atoms with van der Waals surface area (Å²) in [6, 6.07) is 7.05. The first-order valence-electron chi connectivity index (χ1n) is 6.08. The van der Waals surface area contributed by atoms with Crippen molar-refractivity contribution in [3.05, 3.63) is 35.9 Å². The summed E-state index contributed by atoms with van der Waals surface area (Å²) in [5.41, 5.74) is 5.86. The quantitative estimate of drug-likeness (QED) is 0.678. The van der Waals surface area contributed by atoms with Crippen LogP contribution >= 0.6 is 0 Å². The molecule has 1 rings (SSSR count). The molecular weight excluding hydrogens is 260 g/mol. The van der Waals surface area contributed by atoms with Gasteiger partial charge in [-0.05, 0) is 30.8 Å². The van der Waals surface area contributed by atoms with Gasteiger partial charge in [-0.1, -0.05) is 12.1 Å². The molecule has 6 nitrogen and oxygen atoms in total. The summed E-state index contributed by atoms with van der Waals surface area (Å²) in [6.07, 6.45) is 2.58. The van der Waals surface area contributed by atoms with Crippen LogP contribution in [0.4, 0.5) is 0 Å². The van der Waals surface area contributed by atoms with Crippen LogP contribution in [-0.2, 0) is 9.59 Å². The minimum absolute atomic E-state index is 0.197. The van der Waals surface area contributed by atoms with Crippen molar-refractivity contribution in [1.29, 1.82) is 0 Å². The average Bonchev–Trinajstić information content (AvgIpc) is 2.37. The number of amides is 1. The Morgan fingerprint density at radius 1 is 1.35 bits per heavy atom. The topological polar surface area (TPSA) is 92.9 Å². The second kappa shape index (κ2) is 7.96. The summed E-state index contributed by atoms with van der Waals surface area (Å²) in [6.45, 7) is 1.22. The van der Waals surface area contributed by atoms with Crippen molar-refractivity contribution in [2.45, 2.75) is 0 Å². The van der Waals surface area contributed by atoms with Gasteiger partial charge in [0.15, 0.2) is 0 Å². The molecule has 1 aromatic rings. The smallest absolute Gasteiger partial charge is 0.328 e. The number of nitrogens with two attached hydrogens (primary N) is 1. The van der Waals surface area contributed by atoms with Crippen molar-refractivity contribution < 1.29 is 19.4 Å². The van der Waals surface area contributed by atoms with Gasteiger partial charge in [0, 0.05) is 12.6 Å². The van der Waals surface area contributed by atoms with Gasteiger partial charge in [0.05, 0.1) is 6.54 Å². The summed E-state index contributed by atoms with van der Waals surface area (Å²) in [4.78, 5) is 22.8. The number of benzene rings is 1. The van der Waals surface area contributed by atoms with E-state index in [0.717, 1.165) is 11.6 Å². The first kappa shape index (κ1) is 15.7. The third kappa shape index (κ3) is 6.55. The third-order valence-electron chi connectivity index (χ3n) is 2.47. The highest BCUT2D eigenvalue weighted by molar-refractivity contribution is 5.85. The van der Waals surface area contributed by atoms with Gasteiger partial charge in [-0.25, -0.2) is 4.79 Å². The van der Waals surface area contributed by atoms with E-state index in [9.17, 15) is 9.59 Å². The molecule has 1 aromatic carbocycles. The number of carboxylic acids is 1. The zero-order chi connectivity index (χ0) is 15.0. The summed E-state index contributed by atoms with van der Waals surface area (Å²) >= 11 is 0. The van der Waals surface area contributed by atoms with Gasteiger partial charge in [-0.15, -0.1) is 0 Å². The van der Waals surface area contributed by atoms with Crippen LogP contribution in [-0.4, -0.2) is 48.6 Å². The molecule has 20 heavy (non-hydrogen) atoms. The average molecular weight is 278 g/mol. The lowest BCUT2D eigenvalue weighted by Crippen LogP contribution is -2.33. The third-order valence-corrected chi connectivity index (χ3v) is 2.47. The van der Waals surface area contributed by atoms with Crippen molar-refractivity contribution in [2.75, 3.05) is 26.7 Å². The van der Waals surface area contributed by atoms with E-state index in [4.69, 9.17) is 15.6 Å². The molecule has 0 aromatic heterocycles. The number of hydrogen-bond donors (Lipinski definition) is 2. The second-order valence-corrected chi connectivity index (χ2v) is 4.29. The number of hydrogen-bond acceptors (Lipinski definition) is 4. The zero-order valence-electron chi connectivity index (χ0n) is 11.3. The van der Waals surface area contributed by atoms with Gasteiger partial charge in [-0.3, -0.25) is 9.69 Å². The Hall–Kier alpha value is -2.34. The molecule has 0 bridgehead atoms. The fourth-order valence-corrected chi connectivity index (χ4v) is 1.51. The lowest BCUT2D eigenvalue weighted by atomic mass is 10.2. The van der Waals surface area contributed by atoms with E-state index in [1.165, 1.54) is 6.08 Å². The highest BCUT2D eigenvalue weighted by Crippen LogP contribution is 2.13. The predicted octanol–water partition coefficient (Wildman–Crippen LogP) is 0.580. The Kier molecular flexibility index (Phi) is 6.25. The summed E-state index contributed by atoms with van der Waals surface area (Å²) < 4.78 is 5.50. The molecule has 0 aliphatic rings. The minimum atomic E-state index is -0.984. The molecular formula is C14H18N2O4. The van der Waals surface area contributed by atoms with E-state index in [0.29, 0.717) is 18.9 Å². The predicted molar refractivity (Wildman–Crippen MR) is 75.3 cm³/mol. The molecule has 6 heteroatoms. The number of ether oxygens (including phenoxy) is 1. The van der Waals surface area contributed by atoms with Crippen LogP contribution in [0, 0.1) is 0 Å². The minimum Gasteiger partial charge on any atom is -0.492 e. The Morgan fingerprint density at radius 2 is 2.00 bits per heavy atom. The maximum Gasteiger partial charge on any atom is 0.328 e. The zero-order valence-corrected chi connectivity index (χ0v) is 11.3. The fraction of sp³-hybridized carbons (Fsp3) is 0.286. The lowest BCUT2D eigenvalue weighted by Gasteiger charge is -2.14.